The third kappa shape index (κ3) is 2.71. The van der Waals surface area contributed by atoms with Crippen molar-refractivity contribution in [1.82, 2.24) is 0 Å². The standard InChI is InChI=1S/C11H20O2/c1-3-5-9-13-10(12)11(6-4-2)7-8-11/h3-9H2,1-2H3. The summed E-state index contributed by atoms with van der Waals surface area (Å²) in [5, 5.41) is 0. The third-order valence-corrected chi connectivity index (χ3v) is 2.75. The minimum atomic E-state index is -0.0531. The van der Waals surface area contributed by atoms with Gasteiger partial charge < -0.3 is 4.74 Å². The molecule has 1 aliphatic carbocycles. The number of unbranched alkanes of at least 4 members (excludes halogenated alkanes) is 1. The molecule has 0 aromatic rings. The van der Waals surface area contributed by atoms with Crippen LogP contribution in [0.1, 0.15) is 52.4 Å². The van der Waals surface area contributed by atoms with Crippen molar-refractivity contribution < 1.29 is 9.53 Å². The third-order valence-electron chi connectivity index (χ3n) is 2.75. The first-order valence-corrected chi connectivity index (χ1v) is 5.42. The summed E-state index contributed by atoms with van der Waals surface area (Å²) in [4.78, 5) is 11.6. The summed E-state index contributed by atoms with van der Waals surface area (Å²) in [6, 6.07) is 0. The number of hydrogen-bond donors (Lipinski definition) is 0. The highest BCUT2D eigenvalue weighted by molar-refractivity contribution is 5.79. The molecule has 0 unspecified atom stereocenters. The highest BCUT2D eigenvalue weighted by atomic mass is 16.5. The van der Waals surface area contributed by atoms with Gasteiger partial charge in [-0.25, -0.2) is 0 Å². The van der Waals surface area contributed by atoms with E-state index in [1.54, 1.807) is 0 Å². The molecule has 0 spiro atoms. The van der Waals surface area contributed by atoms with Crippen LogP contribution in [0.15, 0.2) is 0 Å². The van der Waals surface area contributed by atoms with E-state index in [0.717, 1.165) is 38.5 Å². The van der Waals surface area contributed by atoms with Crippen LogP contribution in [0.4, 0.5) is 0 Å². The molecule has 1 fully saturated rings. The Morgan fingerprint density at radius 3 is 2.46 bits per heavy atom. The van der Waals surface area contributed by atoms with E-state index in [1.807, 2.05) is 0 Å². The molecule has 0 aliphatic heterocycles. The average molecular weight is 184 g/mol. The first-order chi connectivity index (χ1) is 6.25. The lowest BCUT2D eigenvalue weighted by Crippen LogP contribution is -2.19. The zero-order chi connectivity index (χ0) is 9.73. The van der Waals surface area contributed by atoms with E-state index in [0.29, 0.717) is 6.61 Å². The summed E-state index contributed by atoms with van der Waals surface area (Å²) in [6.45, 7) is 4.84. The Hall–Kier alpha value is -0.530. The van der Waals surface area contributed by atoms with Gasteiger partial charge in [0.05, 0.1) is 12.0 Å². The van der Waals surface area contributed by atoms with E-state index in [-0.39, 0.29) is 11.4 Å². The maximum atomic E-state index is 11.6. The van der Waals surface area contributed by atoms with Crippen LogP contribution in [0, 0.1) is 5.41 Å². The normalized spacial score (nSPS) is 18.3. The predicted molar refractivity (Wildman–Crippen MR) is 52.4 cm³/mol. The summed E-state index contributed by atoms with van der Waals surface area (Å²) >= 11 is 0. The maximum Gasteiger partial charge on any atom is 0.312 e. The second-order valence-electron chi connectivity index (χ2n) is 4.02. The monoisotopic (exact) mass is 184 g/mol. The lowest BCUT2D eigenvalue weighted by Gasteiger charge is -2.12. The van der Waals surface area contributed by atoms with Gasteiger partial charge in [-0.1, -0.05) is 26.7 Å². The second kappa shape index (κ2) is 4.64. The van der Waals surface area contributed by atoms with Gasteiger partial charge in [0.15, 0.2) is 0 Å². The van der Waals surface area contributed by atoms with Crippen LogP contribution >= 0.6 is 0 Å². The first-order valence-electron chi connectivity index (χ1n) is 5.42. The summed E-state index contributed by atoms with van der Waals surface area (Å²) in [6.07, 6.45) is 6.28. The molecule has 0 heterocycles. The summed E-state index contributed by atoms with van der Waals surface area (Å²) in [5.41, 5.74) is -0.0531. The van der Waals surface area contributed by atoms with Crippen LogP contribution in [-0.2, 0) is 9.53 Å². The van der Waals surface area contributed by atoms with Crippen molar-refractivity contribution >= 4 is 5.97 Å². The van der Waals surface area contributed by atoms with Gasteiger partial charge in [-0.2, -0.15) is 0 Å². The lowest BCUT2D eigenvalue weighted by atomic mass is 10.0. The van der Waals surface area contributed by atoms with Gasteiger partial charge in [0.2, 0.25) is 0 Å². The van der Waals surface area contributed by atoms with Crippen molar-refractivity contribution in [3.05, 3.63) is 0 Å². The van der Waals surface area contributed by atoms with Crippen LogP contribution in [0.25, 0.3) is 0 Å². The van der Waals surface area contributed by atoms with Crippen molar-refractivity contribution in [2.75, 3.05) is 6.61 Å². The zero-order valence-electron chi connectivity index (χ0n) is 8.77. The summed E-state index contributed by atoms with van der Waals surface area (Å²) in [7, 11) is 0. The fourth-order valence-electron chi connectivity index (χ4n) is 1.65. The Labute approximate surface area is 80.7 Å². The zero-order valence-corrected chi connectivity index (χ0v) is 8.77. The molecule has 2 heteroatoms. The molecule has 0 amide bonds. The van der Waals surface area contributed by atoms with Gasteiger partial charge in [0.1, 0.15) is 0 Å². The SMILES string of the molecule is CCCCOC(=O)C1(CCC)CC1. The predicted octanol–water partition coefficient (Wildman–Crippen LogP) is 2.91. The highest BCUT2D eigenvalue weighted by Gasteiger charge is 2.50. The number of carbonyl (C=O) groups is 1. The molecule has 1 rings (SSSR count). The Kier molecular flexibility index (Phi) is 3.76. The van der Waals surface area contributed by atoms with E-state index < -0.39 is 0 Å². The maximum absolute atomic E-state index is 11.6. The molecule has 0 radical (unpaired) electrons. The van der Waals surface area contributed by atoms with Crippen LogP contribution in [0.2, 0.25) is 0 Å². The molecule has 1 saturated carbocycles. The van der Waals surface area contributed by atoms with E-state index in [9.17, 15) is 4.79 Å². The van der Waals surface area contributed by atoms with E-state index in [2.05, 4.69) is 13.8 Å². The smallest absolute Gasteiger partial charge is 0.312 e. The fraction of sp³-hybridized carbons (Fsp3) is 0.909. The Bertz CT molecular complexity index is 171. The van der Waals surface area contributed by atoms with Crippen molar-refractivity contribution in [2.24, 2.45) is 5.41 Å². The molecular weight excluding hydrogens is 164 g/mol. The minimum absolute atomic E-state index is 0.0531. The van der Waals surface area contributed by atoms with Crippen LogP contribution in [0.3, 0.4) is 0 Å². The largest absolute Gasteiger partial charge is 0.465 e. The van der Waals surface area contributed by atoms with Gasteiger partial charge in [0.25, 0.3) is 0 Å². The molecule has 0 saturated heterocycles. The lowest BCUT2D eigenvalue weighted by molar-refractivity contribution is -0.150. The number of hydrogen-bond acceptors (Lipinski definition) is 2. The molecule has 0 bridgehead atoms. The minimum Gasteiger partial charge on any atom is -0.465 e. The van der Waals surface area contributed by atoms with E-state index in [1.165, 1.54) is 0 Å². The Balaban J connectivity index is 2.22. The Morgan fingerprint density at radius 1 is 1.31 bits per heavy atom. The van der Waals surface area contributed by atoms with Crippen LogP contribution in [0.5, 0.6) is 0 Å². The van der Waals surface area contributed by atoms with Gasteiger partial charge in [-0.3, -0.25) is 4.79 Å². The van der Waals surface area contributed by atoms with Gasteiger partial charge in [-0.05, 0) is 25.7 Å². The van der Waals surface area contributed by atoms with Crippen molar-refractivity contribution in [3.63, 3.8) is 0 Å². The molecule has 0 atom stereocenters. The van der Waals surface area contributed by atoms with Gasteiger partial charge >= 0.3 is 5.97 Å². The molecule has 0 aromatic heterocycles. The van der Waals surface area contributed by atoms with Crippen molar-refractivity contribution in [3.8, 4) is 0 Å². The van der Waals surface area contributed by atoms with Crippen molar-refractivity contribution in [2.45, 2.75) is 52.4 Å². The molecular formula is C11H20O2. The number of ether oxygens (including phenoxy) is 1. The second-order valence-corrected chi connectivity index (χ2v) is 4.02. The van der Waals surface area contributed by atoms with E-state index in [4.69, 9.17) is 4.74 Å². The summed E-state index contributed by atoms with van der Waals surface area (Å²) in [5.74, 6) is 0.0581. The van der Waals surface area contributed by atoms with Gasteiger partial charge in [0, 0.05) is 0 Å². The molecule has 2 nitrogen and oxygen atoms in total. The van der Waals surface area contributed by atoms with Gasteiger partial charge in [-0.15, -0.1) is 0 Å². The molecule has 0 aromatic carbocycles. The molecule has 0 N–H and O–H groups in total. The van der Waals surface area contributed by atoms with E-state index >= 15 is 0 Å². The van der Waals surface area contributed by atoms with Crippen LogP contribution in [-0.4, -0.2) is 12.6 Å². The number of rotatable bonds is 6. The molecule has 13 heavy (non-hydrogen) atoms. The summed E-state index contributed by atoms with van der Waals surface area (Å²) < 4.78 is 5.22. The molecule has 1 aliphatic rings. The van der Waals surface area contributed by atoms with Crippen molar-refractivity contribution in [1.29, 1.82) is 0 Å². The first kappa shape index (κ1) is 10.6. The van der Waals surface area contributed by atoms with Crippen LogP contribution < -0.4 is 0 Å². The highest BCUT2D eigenvalue weighted by Crippen LogP contribution is 2.50. The Morgan fingerprint density at radius 2 is 2.00 bits per heavy atom. The topological polar surface area (TPSA) is 26.3 Å². The number of esters is 1. The quantitative estimate of drug-likeness (QED) is 0.468. The fourth-order valence-corrected chi connectivity index (χ4v) is 1.65. The molecule has 76 valence electrons. The average Bonchev–Trinajstić information content (AvgIpc) is 2.87. The number of carbonyl (C=O) groups excluding carboxylic acids is 1.